The van der Waals surface area contributed by atoms with E-state index in [1.165, 1.54) is 15.6 Å². The van der Waals surface area contributed by atoms with Gasteiger partial charge < -0.3 is 5.11 Å². The summed E-state index contributed by atoms with van der Waals surface area (Å²) in [7, 11) is 1.00. The molecule has 0 saturated carbocycles. The van der Waals surface area contributed by atoms with Crippen LogP contribution in [-0.4, -0.2) is 18.5 Å². The highest BCUT2D eigenvalue weighted by molar-refractivity contribution is 7.20. The van der Waals surface area contributed by atoms with E-state index in [0.717, 1.165) is 30.3 Å². The zero-order chi connectivity index (χ0) is 12.1. The number of hydrogen-bond acceptors (Lipinski definition) is 3. The molecule has 0 bridgehead atoms. The van der Waals surface area contributed by atoms with E-state index >= 15 is 0 Å². The van der Waals surface area contributed by atoms with Gasteiger partial charge in [0, 0.05) is 11.8 Å². The second-order valence-electron chi connectivity index (χ2n) is 3.39. The zero-order valence-corrected chi connectivity index (χ0v) is 10.6. The van der Waals surface area contributed by atoms with Crippen molar-refractivity contribution in [3.8, 4) is 0 Å². The minimum Gasteiger partial charge on any atom is -0.400 e. The predicted octanol–water partition coefficient (Wildman–Crippen LogP) is 3.19. The molecule has 0 unspecified atom stereocenters. The number of aliphatic hydroxyl groups excluding tert-OH is 1. The molecule has 0 saturated heterocycles. The van der Waals surface area contributed by atoms with Crippen LogP contribution in [0.4, 0.5) is 0 Å². The van der Waals surface area contributed by atoms with Gasteiger partial charge in [-0.05, 0) is 35.9 Å². The maximum absolute atomic E-state index is 10.8. The van der Waals surface area contributed by atoms with Gasteiger partial charge >= 0.3 is 0 Å². The first-order valence-electron chi connectivity index (χ1n) is 5.18. The molecule has 0 aliphatic carbocycles. The minimum atomic E-state index is 0.855. The Balaban J connectivity index is 0.000000606. The highest BCUT2D eigenvalue weighted by Crippen LogP contribution is 2.30. The summed E-state index contributed by atoms with van der Waals surface area (Å²) in [4.78, 5) is 11.6. The van der Waals surface area contributed by atoms with Crippen LogP contribution < -0.4 is 0 Å². The summed E-state index contributed by atoms with van der Waals surface area (Å²) in [6.07, 6.45) is 1.99. The average molecular weight is 236 g/mol. The SMILES string of the molecule is CCc1ccc2sc(C=O)c(C)c2c1.CO. The van der Waals surface area contributed by atoms with Gasteiger partial charge in [-0.1, -0.05) is 19.1 Å². The number of rotatable bonds is 2. The topological polar surface area (TPSA) is 37.3 Å². The maximum Gasteiger partial charge on any atom is 0.160 e. The summed E-state index contributed by atoms with van der Waals surface area (Å²) in [5.74, 6) is 0. The van der Waals surface area contributed by atoms with Gasteiger partial charge in [0.25, 0.3) is 0 Å². The normalized spacial score (nSPS) is 9.75. The summed E-state index contributed by atoms with van der Waals surface area (Å²) >= 11 is 1.58. The highest BCUT2D eigenvalue weighted by Gasteiger charge is 2.07. The van der Waals surface area contributed by atoms with E-state index in [9.17, 15) is 4.79 Å². The number of aryl methyl sites for hydroxylation is 2. The molecule has 86 valence electrons. The molecule has 1 aromatic carbocycles. The summed E-state index contributed by atoms with van der Waals surface area (Å²) in [5, 5.41) is 8.23. The van der Waals surface area contributed by atoms with Gasteiger partial charge in [-0.2, -0.15) is 0 Å². The first-order valence-corrected chi connectivity index (χ1v) is 6.00. The largest absolute Gasteiger partial charge is 0.400 e. The van der Waals surface area contributed by atoms with Gasteiger partial charge in [0.2, 0.25) is 0 Å². The fourth-order valence-corrected chi connectivity index (χ4v) is 2.63. The fourth-order valence-electron chi connectivity index (χ4n) is 1.62. The van der Waals surface area contributed by atoms with Crippen molar-refractivity contribution in [2.45, 2.75) is 20.3 Å². The van der Waals surface area contributed by atoms with Crippen LogP contribution in [0.1, 0.15) is 27.7 Å². The summed E-state index contributed by atoms with van der Waals surface area (Å²) in [5.41, 5.74) is 2.45. The van der Waals surface area contributed by atoms with Gasteiger partial charge in [0.1, 0.15) is 0 Å². The van der Waals surface area contributed by atoms with Gasteiger partial charge in [-0.25, -0.2) is 0 Å². The van der Waals surface area contributed by atoms with E-state index in [4.69, 9.17) is 5.11 Å². The Morgan fingerprint density at radius 2 is 2.06 bits per heavy atom. The van der Waals surface area contributed by atoms with E-state index < -0.39 is 0 Å². The minimum absolute atomic E-state index is 0.855. The quantitative estimate of drug-likeness (QED) is 0.813. The summed E-state index contributed by atoms with van der Waals surface area (Å²) in [6.45, 7) is 4.16. The molecule has 0 radical (unpaired) electrons. The smallest absolute Gasteiger partial charge is 0.160 e. The number of aldehydes is 1. The van der Waals surface area contributed by atoms with Gasteiger partial charge in [-0.15, -0.1) is 11.3 Å². The van der Waals surface area contributed by atoms with Crippen molar-refractivity contribution in [1.82, 2.24) is 0 Å². The molecule has 0 amide bonds. The van der Waals surface area contributed by atoms with E-state index in [1.807, 2.05) is 6.92 Å². The molecule has 2 rings (SSSR count). The standard InChI is InChI=1S/C12H12OS.CH4O/c1-3-9-4-5-11-10(6-9)8(2)12(7-13)14-11;1-2/h4-7H,3H2,1-2H3;2H,1H3. The molecule has 0 fully saturated rings. The molecule has 16 heavy (non-hydrogen) atoms. The number of fused-ring (bicyclic) bond motifs is 1. The lowest BCUT2D eigenvalue weighted by atomic mass is 10.1. The molecule has 1 aromatic heterocycles. The molecular formula is C13H16O2S. The molecule has 1 heterocycles. The first kappa shape index (κ1) is 12.9. The van der Waals surface area contributed by atoms with Crippen LogP contribution in [0.3, 0.4) is 0 Å². The van der Waals surface area contributed by atoms with Crippen molar-refractivity contribution in [1.29, 1.82) is 0 Å². The van der Waals surface area contributed by atoms with Crippen LogP contribution in [0.25, 0.3) is 10.1 Å². The van der Waals surface area contributed by atoms with Crippen LogP contribution in [0.15, 0.2) is 18.2 Å². The maximum atomic E-state index is 10.8. The van der Waals surface area contributed by atoms with Crippen LogP contribution in [0, 0.1) is 6.92 Å². The van der Waals surface area contributed by atoms with Gasteiger partial charge in [0.15, 0.2) is 6.29 Å². The van der Waals surface area contributed by atoms with Crippen LogP contribution in [-0.2, 0) is 6.42 Å². The number of carbonyl (C=O) groups is 1. The molecule has 3 heteroatoms. The lowest BCUT2D eigenvalue weighted by Crippen LogP contribution is -1.79. The van der Waals surface area contributed by atoms with E-state index in [1.54, 1.807) is 11.3 Å². The molecule has 2 nitrogen and oxygen atoms in total. The molecule has 0 aliphatic rings. The summed E-state index contributed by atoms with van der Waals surface area (Å²) in [6, 6.07) is 6.43. The monoisotopic (exact) mass is 236 g/mol. The van der Waals surface area contributed by atoms with Crippen molar-refractivity contribution in [2.24, 2.45) is 0 Å². The first-order chi connectivity index (χ1) is 7.76. The fraction of sp³-hybridized carbons (Fsp3) is 0.308. The molecule has 0 spiro atoms. The van der Waals surface area contributed by atoms with Crippen LogP contribution >= 0.6 is 11.3 Å². The third-order valence-corrected chi connectivity index (χ3v) is 3.75. The van der Waals surface area contributed by atoms with Gasteiger partial charge in [0.05, 0.1) is 4.88 Å². The van der Waals surface area contributed by atoms with E-state index in [2.05, 4.69) is 25.1 Å². The molecule has 0 atom stereocenters. The van der Waals surface area contributed by atoms with Crippen molar-refractivity contribution >= 4 is 27.7 Å². The molecule has 2 aromatic rings. The Hall–Kier alpha value is -1.19. The van der Waals surface area contributed by atoms with Crippen molar-refractivity contribution < 1.29 is 9.90 Å². The van der Waals surface area contributed by atoms with Crippen LogP contribution in [0.2, 0.25) is 0 Å². The van der Waals surface area contributed by atoms with E-state index in [-0.39, 0.29) is 0 Å². The molecular weight excluding hydrogens is 220 g/mol. The average Bonchev–Trinajstić information content (AvgIpc) is 2.68. The zero-order valence-electron chi connectivity index (χ0n) is 9.78. The number of benzene rings is 1. The second kappa shape index (κ2) is 5.77. The van der Waals surface area contributed by atoms with Crippen LogP contribution in [0.5, 0.6) is 0 Å². The Bertz CT molecular complexity index is 486. The Kier molecular flexibility index (Phi) is 4.65. The van der Waals surface area contributed by atoms with Crippen molar-refractivity contribution in [2.75, 3.05) is 7.11 Å². The highest BCUT2D eigenvalue weighted by atomic mass is 32.1. The molecule has 1 N–H and O–H groups in total. The second-order valence-corrected chi connectivity index (χ2v) is 4.48. The van der Waals surface area contributed by atoms with Gasteiger partial charge in [-0.3, -0.25) is 4.79 Å². The molecule has 0 aliphatic heterocycles. The Morgan fingerprint density at radius 3 is 2.62 bits per heavy atom. The Labute approximate surface area is 99.5 Å². The third kappa shape index (κ3) is 2.31. The number of hydrogen-bond donors (Lipinski definition) is 1. The predicted molar refractivity (Wildman–Crippen MR) is 69.5 cm³/mol. The summed E-state index contributed by atoms with van der Waals surface area (Å²) < 4.78 is 1.21. The lowest BCUT2D eigenvalue weighted by molar-refractivity contribution is 0.112. The Morgan fingerprint density at radius 1 is 1.38 bits per heavy atom. The van der Waals surface area contributed by atoms with E-state index in [0.29, 0.717) is 0 Å². The number of aliphatic hydroxyl groups is 1. The number of carbonyl (C=O) groups excluding carboxylic acids is 1. The van der Waals surface area contributed by atoms with Crippen molar-refractivity contribution in [3.05, 3.63) is 34.2 Å². The lowest BCUT2D eigenvalue weighted by Gasteiger charge is -1.96. The van der Waals surface area contributed by atoms with Crippen molar-refractivity contribution in [3.63, 3.8) is 0 Å². The third-order valence-electron chi connectivity index (χ3n) is 2.55. The number of thiophene rings is 1.